The minimum atomic E-state index is -2.94. The molecule has 2 rings (SSSR count). The van der Waals surface area contributed by atoms with E-state index in [0.717, 1.165) is 0 Å². The highest BCUT2D eigenvalue weighted by molar-refractivity contribution is 9.10. The van der Waals surface area contributed by atoms with Crippen LogP contribution in [0.1, 0.15) is 6.92 Å². The number of nitrogens with two attached hydrogens (primary N) is 1. The van der Waals surface area contributed by atoms with Gasteiger partial charge in [0.15, 0.2) is 15.7 Å². The monoisotopic (exact) mass is 335 g/mol. The Labute approximate surface area is 114 Å². The second-order valence-corrected chi connectivity index (χ2v) is 7.18. The summed E-state index contributed by atoms with van der Waals surface area (Å²) in [5, 5.41) is 0. The first kappa shape index (κ1) is 13.5. The van der Waals surface area contributed by atoms with Crippen LogP contribution in [0.15, 0.2) is 10.8 Å². The Morgan fingerprint density at radius 3 is 2.89 bits per heavy atom. The minimum Gasteiger partial charge on any atom is -0.351 e. The Morgan fingerprint density at radius 1 is 1.56 bits per heavy atom. The maximum atomic E-state index is 11.5. The molecule has 1 aromatic heterocycles. The maximum absolute atomic E-state index is 11.5. The first-order valence-corrected chi connectivity index (χ1v) is 8.00. The van der Waals surface area contributed by atoms with E-state index >= 15 is 0 Å². The lowest BCUT2D eigenvalue weighted by Crippen LogP contribution is -2.47. The summed E-state index contributed by atoms with van der Waals surface area (Å²) in [7, 11) is -2.94. The van der Waals surface area contributed by atoms with Crippen LogP contribution in [0.4, 0.5) is 11.6 Å². The van der Waals surface area contributed by atoms with Gasteiger partial charge in [-0.25, -0.2) is 24.2 Å². The molecular weight excluding hydrogens is 322 g/mol. The van der Waals surface area contributed by atoms with E-state index < -0.39 is 9.84 Å². The van der Waals surface area contributed by atoms with Crippen LogP contribution in [0, 0.1) is 0 Å². The van der Waals surface area contributed by atoms with Crippen molar-refractivity contribution in [3.05, 3.63) is 10.8 Å². The molecule has 0 bridgehead atoms. The third-order valence-electron chi connectivity index (χ3n) is 2.85. The third kappa shape index (κ3) is 2.57. The number of rotatable bonds is 2. The molecule has 1 unspecified atom stereocenters. The van der Waals surface area contributed by atoms with Gasteiger partial charge in [-0.05, 0) is 22.9 Å². The Morgan fingerprint density at radius 2 is 2.28 bits per heavy atom. The highest BCUT2D eigenvalue weighted by Crippen LogP contribution is 2.31. The molecule has 0 aliphatic carbocycles. The molecule has 2 heterocycles. The first-order valence-electron chi connectivity index (χ1n) is 5.39. The topological polar surface area (TPSA) is 101 Å². The van der Waals surface area contributed by atoms with E-state index in [-0.39, 0.29) is 17.5 Å². The molecule has 9 heteroatoms. The SMILES string of the molecule is CC1CS(=O)(=O)CCN1c1ncnc(NN)c1Br. The number of halogens is 1. The van der Waals surface area contributed by atoms with Gasteiger partial charge in [0.25, 0.3) is 0 Å². The van der Waals surface area contributed by atoms with E-state index in [1.54, 1.807) is 0 Å². The summed E-state index contributed by atoms with van der Waals surface area (Å²) >= 11 is 3.37. The molecule has 18 heavy (non-hydrogen) atoms. The van der Waals surface area contributed by atoms with Crippen LogP contribution in [-0.4, -0.2) is 42.5 Å². The summed E-state index contributed by atoms with van der Waals surface area (Å²) < 4.78 is 23.7. The van der Waals surface area contributed by atoms with Crippen molar-refractivity contribution in [1.82, 2.24) is 9.97 Å². The summed E-state index contributed by atoms with van der Waals surface area (Å²) in [4.78, 5) is 10.1. The lowest BCUT2D eigenvalue weighted by Gasteiger charge is -2.34. The van der Waals surface area contributed by atoms with Crippen molar-refractivity contribution in [3.63, 3.8) is 0 Å². The number of hydrogen-bond acceptors (Lipinski definition) is 7. The zero-order valence-corrected chi connectivity index (χ0v) is 12.2. The molecule has 1 aliphatic rings. The van der Waals surface area contributed by atoms with Crippen LogP contribution < -0.4 is 16.2 Å². The Bertz CT molecular complexity index is 550. The minimum absolute atomic E-state index is 0.124. The number of aromatic nitrogens is 2. The van der Waals surface area contributed by atoms with Crippen LogP contribution in [0.25, 0.3) is 0 Å². The van der Waals surface area contributed by atoms with Crippen LogP contribution in [0.3, 0.4) is 0 Å². The van der Waals surface area contributed by atoms with Crippen molar-refractivity contribution in [2.75, 3.05) is 28.4 Å². The van der Waals surface area contributed by atoms with Crippen molar-refractivity contribution >= 4 is 37.4 Å². The Hall–Kier alpha value is -0.930. The number of nitrogen functional groups attached to an aromatic ring is 1. The van der Waals surface area contributed by atoms with Gasteiger partial charge in [-0.2, -0.15) is 0 Å². The standard InChI is InChI=1S/C9H14BrN5O2S/c1-6-4-18(16,17)3-2-15(6)9-7(10)8(14-11)12-5-13-9/h5-6H,2-4,11H2,1H3,(H,12,13,14). The van der Waals surface area contributed by atoms with E-state index in [4.69, 9.17) is 5.84 Å². The second-order valence-electron chi connectivity index (χ2n) is 4.16. The molecule has 7 nitrogen and oxygen atoms in total. The summed E-state index contributed by atoms with van der Waals surface area (Å²) in [5.41, 5.74) is 2.46. The van der Waals surface area contributed by atoms with Crippen LogP contribution in [0.5, 0.6) is 0 Å². The van der Waals surface area contributed by atoms with E-state index in [1.165, 1.54) is 6.33 Å². The average molecular weight is 336 g/mol. The van der Waals surface area contributed by atoms with Crippen molar-refractivity contribution in [2.45, 2.75) is 13.0 Å². The highest BCUT2D eigenvalue weighted by atomic mass is 79.9. The van der Waals surface area contributed by atoms with E-state index in [0.29, 0.717) is 22.7 Å². The van der Waals surface area contributed by atoms with Crippen LogP contribution in [0.2, 0.25) is 0 Å². The molecule has 0 amide bonds. The molecule has 1 saturated heterocycles. The third-order valence-corrected chi connectivity index (χ3v) is 5.38. The van der Waals surface area contributed by atoms with Crippen molar-refractivity contribution < 1.29 is 8.42 Å². The normalized spacial score (nSPS) is 22.8. The fraction of sp³-hybridized carbons (Fsp3) is 0.556. The van der Waals surface area contributed by atoms with Gasteiger partial charge in [-0.15, -0.1) is 0 Å². The lowest BCUT2D eigenvalue weighted by molar-refractivity contribution is 0.566. The van der Waals surface area contributed by atoms with Crippen molar-refractivity contribution in [1.29, 1.82) is 0 Å². The molecule has 1 aliphatic heterocycles. The van der Waals surface area contributed by atoms with Gasteiger partial charge in [0.05, 0.1) is 11.5 Å². The molecular formula is C9H14BrN5O2S. The molecule has 1 atom stereocenters. The number of nitrogens with zero attached hydrogens (tertiary/aromatic N) is 3. The van der Waals surface area contributed by atoms with E-state index in [9.17, 15) is 8.42 Å². The van der Waals surface area contributed by atoms with Crippen LogP contribution >= 0.6 is 15.9 Å². The Kier molecular flexibility index (Phi) is 3.74. The summed E-state index contributed by atoms with van der Waals surface area (Å²) in [5.74, 6) is 6.74. The van der Waals surface area contributed by atoms with Gasteiger partial charge in [-0.3, -0.25) is 0 Å². The molecule has 0 radical (unpaired) electrons. The van der Waals surface area contributed by atoms with Gasteiger partial charge >= 0.3 is 0 Å². The smallest absolute Gasteiger partial charge is 0.159 e. The number of hydrazine groups is 1. The molecule has 3 N–H and O–H groups in total. The predicted octanol–water partition coefficient (Wildman–Crippen LogP) is 0.148. The molecule has 1 fully saturated rings. The Balaban J connectivity index is 2.33. The van der Waals surface area contributed by atoms with Gasteiger partial charge in [0.2, 0.25) is 0 Å². The molecule has 0 aromatic carbocycles. The second kappa shape index (κ2) is 4.98. The summed E-state index contributed by atoms with van der Waals surface area (Å²) in [6.45, 7) is 2.28. The summed E-state index contributed by atoms with van der Waals surface area (Å²) in [6, 6.07) is -0.124. The van der Waals surface area contributed by atoms with Crippen molar-refractivity contribution in [3.8, 4) is 0 Å². The van der Waals surface area contributed by atoms with Crippen LogP contribution in [-0.2, 0) is 9.84 Å². The van der Waals surface area contributed by atoms with Gasteiger partial charge < -0.3 is 10.3 Å². The first-order chi connectivity index (χ1) is 8.44. The molecule has 100 valence electrons. The lowest BCUT2D eigenvalue weighted by atomic mass is 10.3. The van der Waals surface area contributed by atoms with Gasteiger partial charge in [-0.1, -0.05) is 0 Å². The number of sulfone groups is 1. The molecule has 1 aromatic rings. The average Bonchev–Trinajstić information content (AvgIpc) is 2.29. The largest absolute Gasteiger partial charge is 0.351 e. The number of anilines is 2. The fourth-order valence-electron chi connectivity index (χ4n) is 1.97. The quantitative estimate of drug-likeness (QED) is 0.585. The number of nitrogens with one attached hydrogen (secondary N) is 1. The zero-order valence-electron chi connectivity index (χ0n) is 9.80. The highest BCUT2D eigenvalue weighted by Gasteiger charge is 2.30. The van der Waals surface area contributed by atoms with Gasteiger partial charge in [0, 0.05) is 12.6 Å². The summed E-state index contributed by atoms with van der Waals surface area (Å²) in [6.07, 6.45) is 1.39. The van der Waals surface area contributed by atoms with Crippen molar-refractivity contribution in [2.24, 2.45) is 5.84 Å². The molecule has 0 saturated carbocycles. The van der Waals surface area contributed by atoms with E-state index in [2.05, 4.69) is 31.3 Å². The van der Waals surface area contributed by atoms with E-state index in [1.807, 2.05) is 11.8 Å². The number of hydrogen-bond donors (Lipinski definition) is 2. The van der Waals surface area contributed by atoms with Gasteiger partial charge in [0.1, 0.15) is 16.6 Å². The maximum Gasteiger partial charge on any atom is 0.159 e. The predicted molar refractivity (Wildman–Crippen MR) is 73.0 cm³/mol. The molecule has 0 spiro atoms. The fourth-order valence-corrected chi connectivity index (χ4v) is 4.08. The zero-order chi connectivity index (χ0) is 13.3.